The number of para-hydroxylation sites is 1. The van der Waals surface area contributed by atoms with Crippen LogP contribution in [0.3, 0.4) is 0 Å². The van der Waals surface area contributed by atoms with Gasteiger partial charge in [0.2, 0.25) is 5.79 Å². The maximum Gasteiger partial charge on any atom is 0.329 e. The number of hydrogen-bond donors (Lipinski definition) is 2. The van der Waals surface area contributed by atoms with Crippen LogP contribution in [0.15, 0.2) is 43.0 Å². The number of aliphatic hydroxyl groups excluding tert-OH is 1. The van der Waals surface area contributed by atoms with E-state index >= 15 is 0 Å². The van der Waals surface area contributed by atoms with Crippen molar-refractivity contribution in [1.29, 1.82) is 0 Å². The molecule has 148 valence electrons. The van der Waals surface area contributed by atoms with Crippen molar-refractivity contribution in [3.63, 3.8) is 0 Å². The lowest BCUT2D eigenvalue weighted by molar-refractivity contribution is -0.170. The maximum absolute atomic E-state index is 10.2. The Labute approximate surface area is 157 Å². The van der Waals surface area contributed by atoms with Crippen molar-refractivity contribution in [3.05, 3.63) is 43.0 Å². The van der Waals surface area contributed by atoms with E-state index in [1.165, 1.54) is 39.2 Å². The number of carbonyl (C=O) groups is 1. The van der Waals surface area contributed by atoms with Gasteiger partial charge in [-0.15, -0.1) is 0 Å². The number of aliphatic hydroxyl groups is 2. The third-order valence-electron chi connectivity index (χ3n) is 3.84. The molecule has 0 amide bonds. The molecule has 0 aliphatic rings. The van der Waals surface area contributed by atoms with Gasteiger partial charge in [-0.2, -0.15) is 0 Å². The normalized spacial score (nSPS) is 12.3. The molecular weight excluding hydrogens is 332 g/mol. The minimum Gasteiger partial charge on any atom is -0.466 e. The van der Waals surface area contributed by atoms with Crippen LogP contribution >= 0.6 is 0 Å². The van der Waals surface area contributed by atoms with E-state index in [2.05, 4.69) is 18.2 Å². The molecule has 26 heavy (non-hydrogen) atoms. The molecule has 1 atom stereocenters. The van der Waals surface area contributed by atoms with Gasteiger partial charge in [-0.25, -0.2) is 4.79 Å². The number of carbonyl (C=O) groups excluding carboxylic acids is 1. The Kier molecular flexibility index (Phi) is 14.3. The van der Waals surface area contributed by atoms with Crippen LogP contribution in [0.2, 0.25) is 0 Å². The van der Waals surface area contributed by atoms with Crippen molar-refractivity contribution in [3.8, 4) is 5.75 Å². The number of methoxy groups -OCH3 is 1. The van der Waals surface area contributed by atoms with Crippen molar-refractivity contribution in [2.45, 2.75) is 64.1 Å². The fraction of sp³-hybridized carbons (Fsp3) is 0.571. The predicted octanol–water partition coefficient (Wildman–Crippen LogP) is 4.23. The lowest BCUT2D eigenvalue weighted by Crippen LogP contribution is -2.39. The van der Waals surface area contributed by atoms with Gasteiger partial charge in [0.15, 0.2) is 0 Å². The number of ether oxygens (including phenoxy) is 2. The summed E-state index contributed by atoms with van der Waals surface area (Å²) in [5, 5.41) is 19.6. The SMILES string of the molecule is C=CC(=O)OC.CCCCCCCCCC(O)(CO)Oc1ccccc1. The molecule has 0 spiro atoms. The second-order valence-electron chi connectivity index (χ2n) is 6.12. The summed E-state index contributed by atoms with van der Waals surface area (Å²) in [5.74, 6) is -1.26. The van der Waals surface area contributed by atoms with Gasteiger partial charge in [-0.1, -0.05) is 70.2 Å². The summed E-state index contributed by atoms with van der Waals surface area (Å²) in [5.41, 5.74) is 0. The molecule has 0 bridgehead atoms. The highest BCUT2D eigenvalue weighted by atomic mass is 16.6. The molecule has 0 saturated carbocycles. The molecule has 2 N–H and O–H groups in total. The quantitative estimate of drug-likeness (QED) is 0.250. The first-order chi connectivity index (χ1) is 12.5. The van der Waals surface area contributed by atoms with Crippen molar-refractivity contribution in [1.82, 2.24) is 0 Å². The Hall–Kier alpha value is -1.85. The highest BCUT2D eigenvalue weighted by molar-refractivity contribution is 5.80. The molecular formula is C21H34O5. The highest BCUT2D eigenvalue weighted by Crippen LogP contribution is 2.21. The molecule has 0 aliphatic heterocycles. The van der Waals surface area contributed by atoms with E-state index in [1.54, 1.807) is 12.1 Å². The van der Waals surface area contributed by atoms with E-state index in [1.807, 2.05) is 18.2 Å². The first-order valence-electron chi connectivity index (χ1n) is 9.29. The lowest BCUT2D eigenvalue weighted by Gasteiger charge is -2.27. The van der Waals surface area contributed by atoms with Gasteiger partial charge in [0.1, 0.15) is 12.4 Å². The van der Waals surface area contributed by atoms with Crippen LogP contribution in [0.25, 0.3) is 0 Å². The summed E-state index contributed by atoms with van der Waals surface area (Å²) >= 11 is 0. The molecule has 1 aromatic carbocycles. The molecule has 0 aromatic heterocycles. The minimum atomic E-state index is -1.45. The average Bonchev–Trinajstić information content (AvgIpc) is 2.68. The number of esters is 1. The van der Waals surface area contributed by atoms with E-state index in [4.69, 9.17) is 4.74 Å². The van der Waals surface area contributed by atoms with Gasteiger partial charge in [-0.05, 0) is 18.6 Å². The average molecular weight is 366 g/mol. The molecule has 0 heterocycles. The smallest absolute Gasteiger partial charge is 0.329 e. The number of hydrogen-bond acceptors (Lipinski definition) is 5. The molecule has 5 heteroatoms. The Morgan fingerprint density at radius 1 is 1.12 bits per heavy atom. The fourth-order valence-electron chi connectivity index (χ4n) is 2.31. The summed E-state index contributed by atoms with van der Waals surface area (Å²) < 4.78 is 9.64. The Morgan fingerprint density at radius 3 is 2.15 bits per heavy atom. The van der Waals surface area contributed by atoms with E-state index in [9.17, 15) is 15.0 Å². The van der Waals surface area contributed by atoms with E-state index in [-0.39, 0.29) is 6.61 Å². The van der Waals surface area contributed by atoms with Crippen LogP contribution < -0.4 is 4.74 Å². The van der Waals surface area contributed by atoms with E-state index < -0.39 is 11.8 Å². The van der Waals surface area contributed by atoms with Gasteiger partial charge >= 0.3 is 5.97 Å². The third kappa shape index (κ3) is 12.5. The molecule has 1 aromatic rings. The largest absolute Gasteiger partial charge is 0.466 e. The molecule has 0 radical (unpaired) electrons. The maximum atomic E-state index is 10.2. The topological polar surface area (TPSA) is 76.0 Å². The zero-order valence-corrected chi connectivity index (χ0v) is 16.2. The third-order valence-corrected chi connectivity index (χ3v) is 3.84. The Balaban J connectivity index is 0.000000896. The van der Waals surface area contributed by atoms with Crippen LogP contribution in [0.4, 0.5) is 0 Å². The van der Waals surface area contributed by atoms with Gasteiger partial charge in [0, 0.05) is 12.5 Å². The first-order valence-corrected chi connectivity index (χ1v) is 9.29. The fourth-order valence-corrected chi connectivity index (χ4v) is 2.31. The summed E-state index contributed by atoms with van der Waals surface area (Å²) in [6, 6.07) is 9.15. The molecule has 1 rings (SSSR count). The number of unbranched alkanes of at least 4 members (excludes halogenated alkanes) is 6. The van der Waals surface area contributed by atoms with Gasteiger partial charge in [0.05, 0.1) is 7.11 Å². The minimum absolute atomic E-state index is 0.377. The molecule has 0 fully saturated rings. The van der Waals surface area contributed by atoms with Crippen LogP contribution in [0, 0.1) is 0 Å². The Morgan fingerprint density at radius 2 is 1.69 bits per heavy atom. The predicted molar refractivity (Wildman–Crippen MR) is 104 cm³/mol. The van der Waals surface area contributed by atoms with Crippen LogP contribution in [-0.4, -0.2) is 35.7 Å². The van der Waals surface area contributed by atoms with Crippen molar-refractivity contribution in [2.75, 3.05) is 13.7 Å². The van der Waals surface area contributed by atoms with Crippen molar-refractivity contribution in [2.24, 2.45) is 0 Å². The first kappa shape index (κ1) is 24.1. The second kappa shape index (κ2) is 15.4. The van der Waals surface area contributed by atoms with Crippen LogP contribution in [0.1, 0.15) is 58.3 Å². The monoisotopic (exact) mass is 366 g/mol. The van der Waals surface area contributed by atoms with Crippen LogP contribution in [-0.2, 0) is 9.53 Å². The number of benzene rings is 1. The summed E-state index contributed by atoms with van der Waals surface area (Å²) in [6.07, 6.45) is 9.82. The molecule has 5 nitrogen and oxygen atoms in total. The molecule has 0 aliphatic carbocycles. The van der Waals surface area contributed by atoms with Crippen molar-refractivity contribution < 1.29 is 24.5 Å². The lowest BCUT2D eigenvalue weighted by atomic mass is 10.0. The summed E-state index contributed by atoms with van der Waals surface area (Å²) in [6.45, 7) is 4.99. The van der Waals surface area contributed by atoms with Gasteiger partial charge < -0.3 is 19.7 Å². The summed E-state index contributed by atoms with van der Waals surface area (Å²) in [4.78, 5) is 9.84. The van der Waals surface area contributed by atoms with Gasteiger partial charge in [-0.3, -0.25) is 0 Å². The van der Waals surface area contributed by atoms with E-state index in [0.29, 0.717) is 12.2 Å². The molecule has 1 unspecified atom stereocenters. The van der Waals surface area contributed by atoms with Crippen molar-refractivity contribution >= 4 is 5.97 Å². The summed E-state index contributed by atoms with van der Waals surface area (Å²) in [7, 11) is 1.31. The van der Waals surface area contributed by atoms with Gasteiger partial charge in [0.25, 0.3) is 0 Å². The second-order valence-corrected chi connectivity index (χ2v) is 6.12. The number of rotatable bonds is 12. The standard InChI is InChI=1S/C17H28O3.C4H6O2/c1-2-3-4-5-6-7-11-14-17(19,15-18)20-16-12-9-8-10-13-16;1-3-4(5)6-2/h8-10,12-13,18-19H,2-7,11,14-15H2,1H3;3H,1H2,2H3. The zero-order valence-electron chi connectivity index (χ0n) is 16.2. The zero-order chi connectivity index (χ0) is 19.7. The van der Waals surface area contributed by atoms with Crippen LogP contribution in [0.5, 0.6) is 5.75 Å². The van der Waals surface area contributed by atoms with E-state index in [0.717, 1.165) is 18.9 Å². The Bertz CT molecular complexity index is 475. The highest BCUT2D eigenvalue weighted by Gasteiger charge is 2.27. The molecule has 0 saturated heterocycles.